The maximum atomic E-state index is 8.28. The first kappa shape index (κ1) is 6.97. The lowest BCUT2D eigenvalue weighted by Crippen LogP contribution is -1.89. The molecular formula is C6H4ClN3. The van der Waals surface area contributed by atoms with Crippen LogP contribution in [0, 0.1) is 11.3 Å². The molecule has 0 bridgehead atoms. The second-order valence-corrected chi connectivity index (χ2v) is 2.06. The summed E-state index contributed by atoms with van der Waals surface area (Å²) < 4.78 is 0. The average Bonchev–Trinajstić information content (AvgIpc) is 1.94. The first-order chi connectivity index (χ1) is 4.84. The monoisotopic (exact) mass is 153 g/mol. The van der Waals surface area contributed by atoms with Gasteiger partial charge < -0.3 is 0 Å². The predicted octanol–water partition coefficient (Wildman–Crippen LogP) is 1.20. The molecule has 0 unspecified atom stereocenters. The van der Waals surface area contributed by atoms with Gasteiger partial charge in [-0.1, -0.05) is 11.6 Å². The molecule has 1 aromatic rings. The fraction of sp³-hybridized carbons (Fsp3) is 0.167. The van der Waals surface area contributed by atoms with E-state index in [1.54, 1.807) is 0 Å². The van der Waals surface area contributed by atoms with Crippen molar-refractivity contribution in [2.24, 2.45) is 0 Å². The molecule has 0 aliphatic carbocycles. The lowest BCUT2D eigenvalue weighted by Gasteiger charge is -1.92. The van der Waals surface area contributed by atoms with Crippen LogP contribution in [0.5, 0.6) is 0 Å². The van der Waals surface area contributed by atoms with Crippen LogP contribution < -0.4 is 0 Å². The second kappa shape index (κ2) is 3.14. The molecule has 50 valence electrons. The van der Waals surface area contributed by atoms with Crippen molar-refractivity contribution in [2.75, 3.05) is 0 Å². The normalized spacial score (nSPS) is 8.80. The Bertz CT molecular complexity index is 266. The maximum absolute atomic E-state index is 8.28. The van der Waals surface area contributed by atoms with Crippen LogP contribution in [0.1, 0.15) is 5.69 Å². The van der Waals surface area contributed by atoms with Crippen LogP contribution in [0.4, 0.5) is 0 Å². The largest absolute Gasteiger partial charge is 0.243 e. The predicted molar refractivity (Wildman–Crippen MR) is 36.4 cm³/mol. The Kier molecular flexibility index (Phi) is 2.19. The summed E-state index contributed by atoms with van der Waals surface area (Å²) in [7, 11) is 0. The van der Waals surface area contributed by atoms with Gasteiger partial charge >= 0.3 is 0 Å². The van der Waals surface area contributed by atoms with Crippen molar-refractivity contribution in [1.82, 2.24) is 9.97 Å². The van der Waals surface area contributed by atoms with Crippen molar-refractivity contribution in [3.63, 3.8) is 0 Å². The number of nitriles is 1. The van der Waals surface area contributed by atoms with Crippen molar-refractivity contribution in [3.8, 4) is 6.07 Å². The van der Waals surface area contributed by atoms with E-state index >= 15 is 0 Å². The molecule has 1 aromatic heterocycles. The average molecular weight is 154 g/mol. The molecule has 0 saturated carbocycles. The van der Waals surface area contributed by atoms with Crippen molar-refractivity contribution in [1.29, 1.82) is 5.26 Å². The summed E-state index contributed by atoms with van der Waals surface area (Å²) in [6, 6.07) is 1.95. The second-order valence-electron chi connectivity index (χ2n) is 1.65. The molecule has 0 fully saturated rings. The van der Waals surface area contributed by atoms with Gasteiger partial charge in [0.1, 0.15) is 6.33 Å². The molecule has 0 saturated heterocycles. The zero-order valence-corrected chi connectivity index (χ0v) is 5.84. The van der Waals surface area contributed by atoms with Crippen LogP contribution in [0.2, 0.25) is 5.02 Å². The minimum Gasteiger partial charge on any atom is -0.243 e. The topological polar surface area (TPSA) is 49.6 Å². The molecule has 10 heavy (non-hydrogen) atoms. The van der Waals surface area contributed by atoms with E-state index in [9.17, 15) is 0 Å². The molecule has 4 heteroatoms. The highest BCUT2D eigenvalue weighted by Gasteiger charge is 1.97. The standard InChI is InChI=1S/C6H4ClN3/c7-5-3-9-4-10-6(5)1-2-8/h3-4H,1H2. The molecule has 3 nitrogen and oxygen atoms in total. The van der Waals surface area contributed by atoms with Gasteiger partial charge in [0.2, 0.25) is 0 Å². The Morgan fingerprint density at radius 3 is 3.10 bits per heavy atom. The van der Waals surface area contributed by atoms with E-state index < -0.39 is 0 Å². The Labute approximate surface area is 63.3 Å². The van der Waals surface area contributed by atoms with E-state index in [0.717, 1.165) is 0 Å². The van der Waals surface area contributed by atoms with Crippen LogP contribution in [-0.4, -0.2) is 9.97 Å². The lowest BCUT2D eigenvalue weighted by atomic mass is 10.3. The fourth-order valence-electron chi connectivity index (χ4n) is 0.543. The number of nitrogens with zero attached hydrogens (tertiary/aromatic N) is 3. The summed E-state index contributed by atoms with van der Waals surface area (Å²) in [6.45, 7) is 0. The number of rotatable bonds is 1. The molecule has 1 heterocycles. The van der Waals surface area contributed by atoms with E-state index in [4.69, 9.17) is 16.9 Å². The van der Waals surface area contributed by atoms with Gasteiger partial charge in [-0.25, -0.2) is 9.97 Å². The molecule has 0 aliphatic rings. The lowest BCUT2D eigenvalue weighted by molar-refractivity contribution is 1.05. The Morgan fingerprint density at radius 2 is 2.50 bits per heavy atom. The molecule has 0 aliphatic heterocycles. The van der Waals surface area contributed by atoms with E-state index in [1.165, 1.54) is 12.5 Å². The maximum Gasteiger partial charge on any atom is 0.115 e. The van der Waals surface area contributed by atoms with Gasteiger partial charge in [-0.05, 0) is 0 Å². The van der Waals surface area contributed by atoms with Crippen LogP contribution in [0.15, 0.2) is 12.5 Å². The minimum absolute atomic E-state index is 0.237. The van der Waals surface area contributed by atoms with Crippen molar-refractivity contribution >= 4 is 11.6 Å². The van der Waals surface area contributed by atoms with Gasteiger partial charge in [-0.15, -0.1) is 0 Å². The van der Waals surface area contributed by atoms with Gasteiger partial charge in [0.15, 0.2) is 0 Å². The molecule has 0 atom stereocenters. The minimum atomic E-state index is 0.237. The number of halogens is 1. The molecule has 0 spiro atoms. The number of aromatic nitrogens is 2. The third-order valence-corrected chi connectivity index (χ3v) is 1.31. The number of hydrogen-bond acceptors (Lipinski definition) is 3. The Balaban J connectivity index is 2.94. The molecule has 0 aromatic carbocycles. The zero-order chi connectivity index (χ0) is 7.40. The summed E-state index contributed by atoms with van der Waals surface area (Å²) in [5.74, 6) is 0. The van der Waals surface area contributed by atoms with E-state index in [2.05, 4.69) is 9.97 Å². The molecule has 0 radical (unpaired) electrons. The zero-order valence-electron chi connectivity index (χ0n) is 5.08. The quantitative estimate of drug-likeness (QED) is 0.609. The van der Waals surface area contributed by atoms with E-state index in [-0.39, 0.29) is 6.42 Å². The van der Waals surface area contributed by atoms with Crippen LogP contribution in [-0.2, 0) is 6.42 Å². The molecule has 1 rings (SSSR count). The summed E-state index contributed by atoms with van der Waals surface area (Å²) >= 11 is 5.63. The van der Waals surface area contributed by atoms with Gasteiger partial charge in [0, 0.05) is 6.20 Å². The molecule has 0 N–H and O–H groups in total. The SMILES string of the molecule is N#CCc1ncncc1Cl. The van der Waals surface area contributed by atoms with Gasteiger partial charge in [-0.3, -0.25) is 0 Å². The van der Waals surface area contributed by atoms with E-state index in [0.29, 0.717) is 10.7 Å². The summed E-state index contributed by atoms with van der Waals surface area (Å²) in [5.41, 5.74) is 0.583. The first-order valence-corrected chi connectivity index (χ1v) is 3.03. The summed E-state index contributed by atoms with van der Waals surface area (Å²) in [4.78, 5) is 7.48. The summed E-state index contributed by atoms with van der Waals surface area (Å²) in [5, 5.41) is 8.72. The van der Waals surface area contributed by atoms with Crippen molar-refractivity contribution in [3.05, 3.63) is 23.2 Å². The first-order valence-electron chi connectivity index (χ1n) is 2.66. The molecule has 0 amide bonds. The van der Waals surface area contributed by atoms with Crippen LogP contribution in [0.25, 0.3) is 0 Å². The molecular weight excluding hydrogens is 150 g/mol. The third-order valence-electron chi connectivity index (χ3n) is 0.990. The van der Waals surface area contributed by atoms with Gasteiger partial charge in [-0.2, -0.15) is 5.26 Å². The highest BCUT2D eigenvalue weighted by atomic mass is 35.5. The fourth-order valence-corrected chi connectivity index (χ4v) is 0.715. The highest BCUT2D eigenvalue weighted by Crippen LogP contribution is 2.09. The smallest absolute Gasteiger partial charge is 0.115 e. The third kappa shape index (κ3) is 1.42. The Morgan fingerprint density at radius 1 is 1.70 bits per heavy atom. The number of hydrogen-bond donors (Lipinski definition) is 0. The van der Waals surface area contributed by atoms with Gasteiger partial charge in [0.25, 0.3) is 0 Å². The van der Waals surface area contributed by atoms with Gasteiger partial charge in [0.05, 0.1) is 23.2 Å². The van der Waals surface area contributed by atoms with Crippen molar-refractivity contribution in [2.45, 2.75) is 6.42 Å². The van der Waals surface area contributed by atoms with E-state index in [1.807, 2.05) is 6.07 Å². The van der Waals surface area contributed by atoms with Crippen LogP contribution >= 0.6 is 11.6 Å². The van der Waals surface area contributed by atoms with Crippen molar-refractivity contribution < 1.29 is 0 Å². The highest BCUT2D eigenvalue weighted by molar-refractivity contribution is 6.31. The Hall–Kier alpha value is -1.14. The summed E-state index contributed by atoms with van der Waals surface area (Å²) in [6.07, 6.45) is 3.08. The van der Waals surface area contributed by atoms with Crippen LogP contribution in [0.3, 0.4) is 0 Å².